The van der Waals surface area contributed by atoms with Gasteiger partial charge in [0.1, 0.15) is 5.82 Å². The molecule has 1 saturated heterocycles. The van der Waals surface area contributed by atoms with Crippen LogP contribution in [-0.2, 0) is 14.9 Å². The normalized spacial score (nSPS) is 28.0. The Bertz CT molecular complexity index is 899. The highest BCUT2D eigenvalue weighted by Crippen LogP contribution is 2.57. The van der Waals surface area contributed by atoms with E-state index >= 15 is 0 Å². The number of carbonyl (C=O) groups is 1. The number of carboxylic acid groups (broad SMARTS) is 1. The number of rotatable bonds is 12. The Kier molecular flexibility index (Phi) is 9.26. The number of allylic oxidation sites excluding steroid dienone is 4. The average molecular weight is 471 g/mol. The third-order valence-electron chi connectivity index (χ3n) is 7.47. The van der Waals surface area contributed by atoms with Crippen molar-refractivity contribution in [2.75, 3.05) is 6.61 Å². The van der Waals surface area contributed by atoms with Crippen molar-refractivity contribution in [3.8, 4) is 0 Å². The first-order valence-electron chi connectivity index (χ1n) is 12.5. The maximum Gasteiger partial charge on any atom is 0.303 e. The number of aliphatic hydroxyl groups is 1. The van der Waals surface area contributed by atoms with E-state index in [9.17, 15) is 14.3 Å². The third kappa shape index (κ3) is 6.45. The van der Waals surface area contributed by atoms with Crippen molar-refractivity contribution < 1.29 is 24.1 Å². The zero-order valence-electron chi connectivity index (χ0n) is 20.6. The van der Waals surface area contributed by atoms with Gasteiger partial charge in [0.25, 0.3) is 0 Å². The minimum absolute atomic E-state index is 0.0759. The molecule has 1 aromatic carbocycles. The molecule has 0 spiro atoms. The summed E-state index contributed by atoms with van der Waals surface area (Å²) in [6.45, 7) is 6.81. The highest BCUT2D eigenvalue weighted by Gasteiger charge is 2.58. The Hall–Kier alpha value is -2.24. The summed E-state index contributed by atoms with van der Waals surface area (Å²) in [7, 11) is 0. The van der Waals surface area contributed by atoms with Crippen LogP contribution in [0.15, 0.2) is 60.2 Å². The van der Waals surface area contributed by atoms with Crippen molar-refractivity contribution in [3.63, 3.8) is 0 Å². The van der Waals surface area contributed by atoms with Crippen molar-refractivity contribution in [2.24, 2.45) is 17.8 Å². The van der Waals surface area contributed by atoms with Gasteiger partial charge in [0.05, 0.1) is 18.8 Å². The molecule has 4 nitrogen and oxygen atoms in total. The van der Waals surface area contributed by atoms with Gasteiger partial charge in [-0.25, -0.2) is 4.39 Å². The van der Waals surface area contributed by atoms with Gasteiger partial charge in [-0.3, -0.25) is 4.79 Å². The summed E-state index contributed by atoms with van der Waals surface area (Å²) in [4.78, 5) is 10.7. The van der Waals surface area contributed by atoms with E-state index < -0.39 is 12.1 Å². The van der Waals surface area contributed by atoms with Crippen LogP contribution in [0, 0.1) is 23.6 Å². The lowest BCUT2D eigenvalue weighted by atomic mass is 9.69. The molecule has 1 aliphatic carbocycles. The molecule has 0 radical (unpaired) electrons. The van der Waals surface area contributed by atoms with Crippen molar-refractivity contribution in [1.82, 2.24) is 0 Å². The van der Waals surface area contributed by atoms with Gasteiger partial charge in [-0.15, -0.1) is 0 Å². The summed E-state index contributed by atoms with van der Waals surface area (Å²) in [5.41, 5.74) is 2.17. The van der Waals surface area contributed by atoms with Gasteiger partial charge in [0.2, 0.25) is 0 Å². The average Bonchev–Trinajstić information content (AvgIpc) is 3.36. The van der Waals surface area contributed by atoms with Gasteiger partial charge < -0.3 is 14.9 Å². The van der Waals surface area contributed by atoms with E-state index in [1.54, 1.807) is 0 Å². The second-order valence-corrected chi connectivity index (χ2v) is 10.3. The SMILES string of the molecule is CC(C)=CCC(C)[C@H](O)C=C[C@@H]1[C@@H]2C[C@@](c3ccc(F)cc3)(CO2)[C@H]1CC=CCCCC(=O)O. The smallest absolute Gasteiger partial charge is 0.303 e. The van der Waals surface area contributed by atoms with Crippen molar-refractivity contribution in [2.45, 2.75) is 76.9 Å². The van der Waals surface area contributed by atoms with E-state index in [0.717, 1.165) is 31.2 Å². The van der Waals surface area contributed by atoms with Crippen LogP contribution in [0.5, 0.6) is 0 Å². The van der Waals surface area contributed by atoms with E-state index in [1.165, 1.54) is 17.7 Å². The molecule has 1 saturated carbocycles. The monoisotopic (exact) mass is 470 g/mol. The van der Waals surface area contributed by atoms with Gasteiger partial charge in [0.15, 0.2) is 0 Å². The molecule has 1 aromatic rings. The highest BCUT2D eigenvalue weighted by atomic mass is 19.1. The van der Waals surface area contributed by atoms with E-state index in [2.05, 4.69) is 45.1 Å². The van der Waals surface area contributed by atoms with Crippen LogP contribution in [-0.4, -0.2) is 35.0 Å². The van der Waals surface area contributed by atoms with Crippen LogP contribution in [0.3, 0.4) is 0 Å². The predicted octanol–water partition coefficient (Wildman–Crippen LogP) is 6.21. The quantitative estimate of drug-likeness (QED) is 0.282. The first-order valence-corrected chi connectivity index (χ1v) is 12.5. The van der Waals surface area contributed by atoms with Crippen LogP contribution in [0.4, 0.5) is 4.39 Å². The van der Waals surface area contributed by atoms with E-state index in [1.807, 2.05) is 18.2 Å². The molecule has 2 bridgehead atoms. The zero-order valence-corrected chi connectivity index (χ0v) is 20.6. The van der Waals surface area contributed by atoms with Crippen LogP contribution in [0.25, 0.3) is 0 Å². The Morgan fingerprint density at radius 3 is 2.68 bits per heavy atom. The predicted molar refractivity (Wildman–Crippen MR) is 133 cm³/mol. The number of fused-ring (bicyclic) bond motifs is 2. The molecule has 1 heterocycles. The molecule has 1 unspecified atom stereocenters. The second-order valence-electron chi connectivity index (χ2n) is 10.3. The maximum absolute atomic E-state index is 13.6. The number of unbranched alkanes of at least 4 members (excludes halogenated alkanes) is 1. The number of carboxylic acids is 1. The van der Waals surface area contributed by atoms with Gasteiger partial charge in [-0.2, -0.15) is 0 Å². The number of halogens is 1. The number of hydrogen-bond acceptors (Lipinski definition) is 3. The lowest BCUT2D eigenvalue weighted by molar-refractivity contribution is -0.137. The molecule has 6 atom stereocenters. The second kappa shape index (κ2) is 11.9. The topological polar surface area (TPSA) is 66.8 Å². The van der Waals surface area contributed by atoms with E-state index in [4.69, 9.17) is 9.84 Å². The molecule has 2 N–H and O–H groups in total. The lowest BCUT2D eigenvalue weighted by Gasteiger charge is -2.38. The van der Waals surface area contributed by atoms with Crippen LogP contribution >= 0.6 is 0 Å². The molecule has 186 valence electrons. The standard InChI is InChI=1S/C29H39FO4/c1-20(2)10-11-21(3)26(31)17-16-24-25(8-6-4-5-7-9-28(32)33)29(18-27(24)34-19-29)22-12-14-23(30)15-13-22/h4,6,10,12-17,21,24-27,31H,5,7-9,11,18-19H2,1-3H3,(H,32,33)/t21?,24-,25-,26+,27-,29-/m0/s1. The Morgan fingerprint density at radius 1 is 1.26 bits per heavy atom. The van der Waals surface area contributed by atoms with Gasteiger partial charge in [-0.05, 0) is 75.5 Å². The molecule has 2 aliphatic rings. The fourth-order valence-electron chi connectivity index (χ4n) is 5.43. The number of ether oxygens (including phenoxy) is 1. The Labute approximate surface area is 203 Å². The molecule has 1 aliphatic heterocycles. The minimum Gasteiger partial charge on any atom is -0.481 e. The summed E-state index contributed by atoms with van der Waals surface area (Å²) in [6.07, 6.45) is 14.1. The van der Waals surface area contributed by atoms with Crippen LogP contribution < -0.4 is 0 Å². The van der Waals surface area contributed by atoms with Gasteiger partial charge in [0, 0.05) is 17.8 Å². The fraction of sp³-hybridized carbons (Fsp3) is 0.552. The zero-order chi connectivity index (χ0) is 24.7. The molecule has 34 heavy (non-hydrogen) atoms. The Morgan fingerprint density at radius 2 is 2.00 bits per heavy atom. The maximum atomic E-state index is 13.6. The van der Waals surface area contributed by atoms with Crippen LogP contribution in [0.1, 0.15) is 64.9 Å². The molecule has 5 heteroatoms. The third-order valence-corrected chi connectivity index (χ3v) is 7.47. The first-order chi connectivity index (χ1) is 16.2. The Balaban J connectivity index is 1.77. The molecular weight excluding hydrogens is 431 g/mol. The molecule has 3 rings (SSSR count). The van der Waals surface area contributed by atoms with Gasteiger partial charge >= 0.3 is 5.97 Å². The first kappa shape index (κ1) is 26.4. The lowest BCUT2D eigenvalue weighted by Crippen LogP contribution is -2.39. The van der Waals surface area contributed by atoms with Crippen LogP contribution in [0.2, 0.25) is 0 Å². The van der Waals surface area contributed by atoms with Gasteiger partial charge in [-0.1, -0.05) is 55.0 Å². The summed E-state index contributed by atoms with van der Waals surface area (Å²) in [6, 6.07) is 6.81. The minimum atomic E-state index is -0.767. The van der Waals surface area contributed by atoms with Crippen molar-refractivity contribution >= 4 is 5.97 Å². The molecule has 0 aromatic heterocycles. The van der Waals surface area contributed by atoms with Crippen molar-refractivity contribution in [1.29, 1.82) is 0 Å². The highest BCUT2D eigenvalue weighted by molar-refractivity contribution is 5.66. The summed E-state index contributed by atoms with van der Waals surface area (Å²) < 4.78 is 19.8. The molecular formula is C29H39FO4. The summed E-state index contributed by atoms with van der Waals surface area (Å²) in [5, 5.41) is 19.6. The number of aliphatic hydroxyl groups excluding tert-OH is 1. The summed E-state index contributed by atoms with van der Waals surface area (Å²) >= 11 is 0. The number of hydrogen-bond donors (Lipinski definition) is 2. The fourth-order valence-corrected chi connectivity index (χ4v) is 5.43. The van der Waals surface area contributed by atoms with Crippen molar-refractivity contribution in [3.05, 3.63) is 71.6 Å². The molecule has 0 amide bonds. The number of aliphatic carboxylic acids is 1. The largest absolute Gasteiger partial charge is 0.481 e. The molecule has 2 fully saturated rings. The van der Waals surface area contributed by atoms with E-state index in [-0.39, 0.29) is 41.5 Å². The van der Waals surface area contributed by atoms with E-state index in [0.29, 0.717) is 13.0 Å². The summed E-state index contributed by atoms with van der Waals surface area (Å²) in [5.74, 6) is -0.453. The number of benzene rings is 1.